The van der Waals surface area contributed by atoms with Crippen LogP contribution in [0.25, 0.3) is 0 Å². The first kappa shape index (κ1) is 6.59. The van der Waals surface area contributed by atoms with Crippen LogP contribution in [0.4, 0.5) is 0 Å². The summed E-state index contributed by atoms with van der Waals surface area (Å²) in [7, 11) is 1.47. The van der Waals surface area contributed by atoms with Crippen LogP contribution in [0.15, 0.2) is 24.3 Å². The highest BCUT2D eigenvalue weighted by atomic mass is 16.5. The lowest BCUT2D eigenvalue weighted by molar-refractivity contribution is -0.0619. The standard InChI is InChI=1S/C16H25NO2/c1-17(2)12-14-7-4-5-10-16(14,18)13-8-6-9-15(11-13)19-3/h6,8-9,11,14,18H,4-5,7,10,12H2,1-3H3/t14-,16+/m0/s1/i1D3,2D3,12D2,18D. The number of aliphatic hydroxyl groups is 1. The maximum absolute atomic E-state index is 8.57. The number of nitrogens with zero attached hydrogens (tertiary/aromatic N) is 1. The normalized spacial score (nSPS) is 36.5. The van der Waals surface area contributed by atoms with Gasteiger partial charge in [-0.1, -0.05) is 25.0 Å². The molecule has 2 atom stereocenters. The van der Waals surface area contributed by atoms with Gasteiger partial charge in [0.2, 0.25) is 1.43 Å². The quantitative estimate of drug-likeness (QED) is 0.894. The third-order valence-electron chi connectivity index (χ3n) is 3.70. The van der Waals surface area contributed by atoms with Gasteiger partial charge in [-0.3, -0.25) is 0 Å². The Morgan fingerprint density at radius 2 is 2.47 bits per heavy atom. The van der Waals surface area contributed by atoms with Crippen molar-refractivity contribution in [3.05, 3.63) is 29.8 Å². The summed E-state index contributed by atoms with van der Waals surface area (Å²) in [5.41, 5.74) is -1.06. The predicted octanol–water partition coefficient (Wildman–Crippen LogP) is 2.63. The van der Waals surface area contributed by atoms with Crippen molar-refractivity contribution in [1.82, 2.24) is 4.90 Å². The molecule has 0 spiro atoms. The molecular formula is C16H25NO2. The van der Waals surface area contributed by atoms with E-state index in [4.69, 9.17) is 22.2 Å². The minimum Gasteiger partial charge on any atom is -0.497 e. The molecule has 1 aliphatic rings. The summed E-state index contributed by atoms with van der Waals surface area (Å²) in [4.78, 5) is -0.0447. The lowest BCUT2D eigenvalue weighted by Gasteiger charge is -2.41. The predicted molar refractivity (Wildman–Crippen MR) is 77.4 cm³/mol. The second kappa shape index (κ2) is 5.93. The third-order valence-corrected chi connectivity index (χ3v) is 3.70. The van der Waals surface area contributed by atoms with E-state index in [0.717, 1.165) is 0 Å². The molecule has 1 saturated carbocycles. The molecule has 0 bridgehead atoms. The highest BCUT2D eigenvalue weighted by molar-refractivity contribution is 5.33. The maximum Gasteiger partial charge on any atom is 0.211 e. The molecule has 1 N–H and O–H groups in total. The molecule has 3 heteroatoms. The summed E-state index contributed by atoms with van der Waals surface area (Å²) < 4.78 is 75.9. The average molecular weight is 272 g/mol. The molecule has 1 aliphatic carbocycles. The van der Waals surface area contributed by atoms with E-state index in [-0.39, 0.29) is 17.7 Å². The molecule has 0 aromatic heterocycles. The van der Waals surface area contributed by atoms with Crippen molar-refractivity contribution in [2.45, 2.75) is 31.3 Å². The summed E-state index contributed by atoms with van der Waals surface area (Å²) in [6.07, 6.45) is 1.62. The molecule has 3 nitrogen and oxygen atoms in total. The van der Waals surface area contributed by atoms with Gasteiger partial charge in [-0.25, -0.2) is 0 Å². The van der Waals surface area contributed by atoms with E-state index in [1.54, 1.807) is 24.3 Å². The minimum absolute atomic E-state index is 0.0447. The number of rotatable bonds is 5. The lowest BCUT2D eigenvalue weighted by atomic mass is 9.71. The fraction of sp³-hybridized carbons (Fsp3) is 0.625. The van der Waals surface area contributed by atoms with Crippen molar-refractivity contribution in [1.29, 1.82) is 1.43 Å². The summed E-state index contributed by atoms with van der Waals surface area (Å²) in [5, 5.41) is 5.10. The van der Waals surface area contributed by atoms with Gasteiger partial charge >= 0.3 is 0 Å². The SMILES string of the molecule is [2H]O[C@@]1(c2cccc(OC)c2)CCCC[C@H]1C([2H])([2H])N(C([2H])([2H])[2H])C([2H])([2H])[2H]. The van der Waals surface area contributed by atoms with Crippen molar-refractivity contribution in [2.75, 3.05) is 27.6 Å². The van der Waals surface area contributed by atoms with Gasteiger partial charge in [-0.2, -0.15) is 0 Å². The maximum atomic E-state index is 8.57. The van der Waals surface area contributed by atoms with Gasteiger partial charge in [0.1, 0.15) is 5.75 Å². The Bertz CT molecular complexity index is 663. The van der Waals surface area contributed by atoms with Crippen molar-refractivity contribution < 1.29 is 20.8 Å². The molecule has 0 radical (unpaired) electrons. The van der Waals surface area contributed by atoms with E-state index in [2.05, 4.69) is 0 Å². The highest BCUT2D eigenvalue weighted by Crippen LogP contribution is 2.42. The zero-order chi connectivity index (χ0) is 21.4. The van der Waals surface area contributed by atoms with Gasteiger partial charge in [-0.15, -0.1) is 0 Å². The van der Waals surface area contributed by atoms with Crippen molar-refractivity contribution in [3.8, 4) is 5.75 Å². The van der Waals surface area contributed by atoms with Gasteiger partial charge in [0, 0.05) is 23.4 Å². The zero-order valence-corrected chi connectivity index (χ0v) is 11.0. The van der Waals surface area contributed by atoms with Crippen molar-refractivity contribution >= 4 is 0 Å². The number of hydrogen-bond donors (Lipinski definition) is 1. The minimum atomic E-state index is -3.20. The van der Waals surface area contributed by atoms with Crippen LogP contribution in [0.3, 0.4) is 0 Å². The number of ether oxygens (including phenoxy) is 1. The Morgan fingerprint density at radius 3 is 3.21 bits per heavy atom. The Labute approximate surface area is 128 Å². The fourth-order valence-electron chi connectivity index (χ4n) is 2.70. The molecule has 0 unspecified atom stereocenters. The Balaban J connectivity index is 2.64. The molecule has 0 saturated heterocycles. The number of benzene rings is 1. The molecular weight excluding hydrogens is 238 g/mol. The topological polar surface area (TPSA) is 32.7 Å². The van der Waals surface area contributed by atoms with Crippen LogP contribution in [0.2, 0.25) is 0 Å². The smallest absolute Gasteiger partial charge is 0.211 e. The van der Waals surface area contributed by atoms with E-state index in [1.165, 1.54) is 7.11 Å². The summed E-state index contributed by atoms with van der Waals surface area (Å²) in [6, 6.07) is 6.62. The fourth-order valence-corrected chi connectivity index (χ4v) is 2.70. The van der Waals surface area contributed by atoms with E-state index < -0.39 is 32.0 Å². The first-order valence-electron chi connectivity index (χ1n) is 10.8. The van der Waals surface area contributed by atoms with E-state index in [0.29, 0.717) is 24.2 Å². The first-order chi connectivity index (χ1) is 12.8. The highest BCUT2D eigenvalue weighted by Gasteiger charge is 2.40. The van der Waals surface area contributed by atoms with E-state index in [9.17, 15) is 0 Å². The molecule has 0 amide bonds. The second-order valence-electron chi connectivity index (χ2n) is 4.88. The average Bonchev–Trinajstić information content (AvgIpc) is 2.58. The van der Waals surface area contributed by atoms with Crippen molar-refractivity contribution in [2.24, 2.45) is 5.92 Å². The van der Waals surface area contributed by atoms with Gasteiger partial charge in [0.25, 0.3) is 0 Å². The van der Waals surface area contributed by atoms with Gasteiger partial charge in [0.05, 0.1) is 12.7 Å². The largest absolute Gasteiger partial charge is 0.497 e. The third kappa shape index (κ3) is 3.10. The van der Waals surface area contributed by atoms with E-state index in [1.807, 2.05) is 0 Å². The Hall–Kier alpha value is -1.06. The lowest BCUT2D eigenvalue weighted by Crippen LogP contribution is -2.43. The van der Waals surface area contributed by atoms with Crippen LogP contribution < -0.4 is 4.74 Å². The molecule has 1 fully saturated rings. The number of hydrogen-bond acceptors (Lipinski definition) is 3. The molecule has 1 aromatic carbocycles. The Morgan fingerprint density at radius 1 is 1.58 bits per heavy atom. The second-order valence-corrected chi connectivity index (χ2v) is 4.88. The van der Waals surface area contributed by atoms with E-state index >= 15 is 0 Å². The molecule has 1 aromatic rings. The molecule has 19 heavy (non-hydrogen) atoms. The van der Waals surface area contributed by atoms with Crippen LogP contribution in [0, 0.1) is 5.92 Å². The summed E-state index contributed by atoms with van der Waals surface area (Å²) in [6.45, 7) is -9.19. The van der Waals surface area contributed by atoms with Gasteiger partial charge in [-0.05, 0) is 44.5 Å². The Kier molecular flexibility index (Phi) is 2.06. The van der Waals surface area contributed by atoms with Crippen LogP contribution in [0.5, 0.6) is 5.75 Å². The first-order valence-corrected chi connectivity index (χ1v) is 6.40. The molecule has 0 aliphatic heterocycles. The summed E-state index contributed by atoms with van der Waals surface area (Å²) in [5.74, 6) is -0.721. The van der Waals surface area contributed by atoms with Crippen LogP contribution in [0.1, 0.15) is 42.2 Å². The van der Waals surface area contributed by atoms with Crippen molar-refractivity contribution in [3.63, 3.8) is 0 Å². The molecule has 106 valence electrons. The zero-order valence-electron chi connectivity index (χ0n) is 20.0. The molecule has 2 rings (SSSR count). The summed E-state index contributed by atoms with van der Waals surface area (Å²) >= 11 is 0. The van der Waals surface area contributed by atoms with Gasteiger partial charge in [0.15, 0.2) is 0 Å². The van der Waals surface area contributed by atoms with Crippen LogP contribution in [-0.4, -0.2) is 39.0 Å². The monoisotopic (exact) mass is 272 g/mol. The molecule has 0 heterocycles. The number of methoxy groups -OCH3 is 1. The van der Waals surface area contributed by atoms with Crippen LogP contribution >= 0.6 is 0 Å². The van der Waals surface area contributed by atoms with Gasteiger partial charge < -0.3 is 14.7 Å². The van der Waals surface area contributed by atoms with Crippen LogP contribution in [-0.2, 0) is 5.60 Å².